The van der Waals surface area contributed by atoms with E-state index in [1.54, 1.807) is 12.1 Å². The van der Waals surface area contributed by atoms with Gasteiger partial charge < -0.3 is 5.11 Å². The lowest BCUT2D eigenvalue weighted by Gasteiger charge is -2.31. The Morgan fingerprint density at radius 1 is 1.35 bits per heavy atom. The summed E-state index contributed by atoms with van der Waals surface area (Å²) in [6.07, 6.45) is 3.08. The molecule has 1 aromatic carbocycles. The number of carboxylic acids is 1. The minimum absolute atomic E-state index is 0.446. The molecular weight excluding hydrogens is 310 g/mol. The highest BCUT2D eigenvalue weighted by Gasteiger charge is 2.22. The van der Waals surface area contributed by atoms with Gasteiger partial charge in [0.25, 0.3) is 0 Å². The first-order valence-electron chi connectivity index (χ1n) is 7.95. The van der Waals surface area contributed by atoms with Gasteiger partial charge in [-0.1, -0.05) is 22.7 Å². The fourth-order valence-corrected chi connectivity index (χ4v) is 3.84. The molecule has 0 spiro atoms. The highest BCUT2D eigenvalue weighted by atomic mass is 32.1. The maximum atomic E-state index is 11.3. The van der Waals surface area contributed by atoms with Crippen LogP contribution in [0.25, 0.3) is 0 Å². The van der Waals surface area contributed by atoms with E-state index in [1.807, 2.05) is 19.1 Å². The van der Waals surface area contributed by atoms with Crippen LogP contribution in [0.3, 0.4) is 0 Å². The molecule has 0 saturated carbocycles. The third kappa shape index (κ3) is 3.95. The van der Waals surface area contributed by atoms with Crippen LogP contribution in [0.4, 0.5) is 0 Å². The van der Waals surface area contributed by atoms with E-state index in [2.05, 4.69) is 14.5 Å². The van der Waals surface area contributed by atoms with E-state index < -0.39 is 5.97 Å². The fourth-order valence-electron chi connectivity index (χ4n) is 3.17. The molecule has 0 unspecified atom stereocenters. The van der Waals surface area contributed by atoms with Crippen LogP contribution in [-0.2, 0) is 13.0 Å². The fraction of sp³-hybridized carbons (Fsp3) is 0.471. The van der Waals surface area contributed by atoms with Crippen LogP contribution in [-0.4, -0.2) is 38.7 Å². The molecule has 3 rings (SSSR count). The predicted octanol–water partition coefficient (Wildman–Crippen LogP) is 3.00. The molecule has 1 aromatic heterocycles. The molecule has 1 aliphatic rings. The molecule has 122 valence electrons. The van der Waals surface area contributed by atoms with Gasteiger partial charge in [0, 0.05) is 6.54 Å². The topological polar surface area (TPSA) is 66.3 Å². The van der Waals surface area contributed by atoms with Gasteiger partial charge in [0.15, 0.2) is 0 Å². The van der Waals surface area contributed by atoms with Gasteiger partial charge >= 0.3 is 5.97 Å². The second-order valence-electron chi connectivity index (χ2n) is 6.17. The van der Waals surface area contributed by atoms with Crippen LogP contribution in [0.5, 0.6) is 0 Å². The Hall–Kier alpha value is -1.79. The van der Waals surface area contributed by atoms with Crippen molar-refractivity contribution < 1.29 is 9.90 Å². The molecule has 2 aromatic rings. The van der Waals surface area contributed by atoms with Crippen molar-refractivity contribution in [2.45, 2.75) is 32.7 Å². The average Bonchev–Trinajstić information content (AvgIpc) is 2.95. The molecule has 0 radical (unpaired) electrons. The highest BCUT2D eigenvalue weighted by Crippen LogP contribution is 2.25. The number of aromatic carboxylic acids is 1. The Morgan fingerprint density at radius 2 is 2.09 bits per heavy atom. The molecule has 2 heterocycles. The van der Waals surface area contributed by atoms with Crippen molar-refractivity contribution in [3.63, 3.8) is 0 Å². The number of rotatable bonds is 5. The maximum Gasteiger partial charge on any atom is 0.335 e. The maximum absolute atomic E-state index is 11.3. The Morgan fingerprint density at radius 3 is 2.74 bits per heavy atom. The summed E-state index contributed by atoms with van der Waals surface area (Å²) in [5.41, 5.74) is 2.44. The molecule has 23 heavy (non-hydrogen) atoms. The van der Waals surface area contributed by atoms with Gasteiger partial charge in [0.2, 0.25) is 0 Å². The summed E-state index contributed by atoms with van der Waals surface area (Å²) in [6, 6.07) is 7.37. The first kappa shape index (κ1) is 16.1. The summed E-state index contributed by atoms with van der Waals surface area (Å²) < 4.78 is 3.99. The molecule has 1 aliphatic heterocycles. The number of carboxylic acid groups (broad SMARTS) is 1. The monoisotopic (exact) mass is 331 g/mol. The molecule has 1 N–H and O–H groups in total. The van der Waals surface area contributed by atoms with Gasteiger partial charge in [0.05, 0.1) is 16.1 Å². The molecule has 0 aliphatic carbocycles. The second kappa shape index (κ2) is 7.19. The number of likely N-dealkylation sites (tertiary alicyclic amines) is 1. The van der Waals surface area contributed by atoms with Crippen molar-refractivity contribution in [3.8, 4) is 0 Å². The molecule has 0 amide bonds. The first-order chi connectivity index (χ1) is 11.1. The number of benzene rings is 1. The summed E-state index contributed by atoms with van der Waals surface area (Å²) in [5, 5.41) is 13.4. The Bertz CT molecular complexity index is 678. The van der Waals surface area contributed by atoms with E-state index in [0.29, 0.717) is 11.5 Å². The van der Waals surface area contributed by atoms with Crippen molar-refractivity contribution in [3.05, 3.63) is 46.0 Å². The molecule has 0 atom stereocenters. The minimum atomic E-state index is -0.828. The van der Waals surface area contributed by atoms with Gasteiger partial charge in [-0.25, -0.2) is 4.79 Å². The van der Waals surface area contributed by atoms with Crippen LogP contribution >= 0.6 is 11.5 Å². The summed E-state index contributed by atoms with van der Waals surface area (Å²) in [4.78, 5) is 15.0. The molecule has 0 bridgehead atoms. The Balaban J connectivity index is 1.55. The van der Waals surface area contributed by atoms with Crippen LogP contribution in [0.2, 0.25) is 0 Å². The lowest BCUT2D eigenvalue weighted by Crippen LogP contribution is -2.34. The number of hydrogen-bond acceptors (Lipinski definition) is 5. The molecule has 1 saturated heterocycles. The molecule has 6 heteroatoms. The van der Waals surface area contributed by atoms with E-state index in [4.69, 9.17) is 0 Å². The quantitative estimate of drug-likeness (QED) is 0.912. The molecule has 5 nitrogen and oxygen atoms in total. The van der Waals surface area contributed by atoms with Gasteiger partial charge in [-0.15, -0.1) is 5.10 Å². The Kier molecular flexibility index (Phi) is 5.03. The van der Waals surface area contributed by atoms with Crippen molar-refractivity contribution in [1.29, 1.82) is 0 Å². The Labute approximate surface area is 140 Å². The minimum Gasteiger partial charge on any atom is -0.478 e. The summed E-state index contributed by atoms with van der Waals surface area (Å²) in [7, 11) is 0. The van der Waals surface area contributed by atoms with Gasteiger partial charge in [-0.05, 0) is 68.4 Å². The van der Waals surface area contributed by atoms with Crippen molar-refractivity contribution in [2.75, 3.05) is 13.1 Å². The number of aryl methyl sites for hydroxylation is 1. The largest absolute Gasteiger partial charge is 0.478 e. The number of piperidine rings is 1. The number of nitrogens with zero attached hydrogens (tertiary/aromatic N) is 3. The number of aromatic nitrogens is 2. The SMILES string of the molecule is Cc1nnsc1CN1CCC(Cc2ccccc2C(=O)O)CC1. The standard InChI is InChI=1S/C17H21N3O2S/c1-12-16(23-19-18-12)11-20-8-6-13(7-9-20)10-14-4-2-3-5-15(14)17(21)22/h2-5,13H,6-11H2,1H3,(H,21,22). The van der Waals surface area contributed by atoms with Crippen LogP contribution in [0.1, 0.15) is 39.3 Å². The van der Waals surface area contributed by atoms with E-state index in [-0.39, 0.29) is 0 Å². The molecular formula is C17H21N3O2S. The van der Waals surface area contributed by atoms with Crippen molar-refractivity contribution in [1.82, 2.24) is 14.5 Å². The smallest absolute Gasteiger partial charge is 0.335 e. The number of carbonyl (C=O) groups is 1. The van der Waals surface area contributed by atoms with Crippen LogP contribution in [0.15, 0.2) is 24.3 Å². The van der Waals surface area contributed by atoms with Gasteiger partial charge in [-0.2, -0.15) is 0 Å². The van der Waals surface area contributed by atoms with E-state index in [0.717, 1.165) is 50.2 Å². The van der Waals surface area contributed by atoms with Crippen molar-refractivity contribution in [2.24, 2.45) is 5.92 Å². The third-order valence-electron chi connectivity index (χ3n) is 4.58. The first-order valence-corrected chi connectivity index (χ1v) is 8.72. The molecule has 1 fully saturated rings. The van der Waals surface area contributed by atoms with E-state index in [1.165, 1.54) is 16.4 Å². The predicted molar refractivity (Wildman–Crippen MR) is 89.8 cm³/mol. The normalized spacial score (nSPS) is 16.6. The zero-order valence-electron chi connectivity index (χ0n) is 13.2. The lowest BCUT2D eigenvalue weighted by molar-refractivity contribution is 0.0695. The van der Waals surface area contributed by atoms with E-state index in [9.17, 15) is 9.90 Å². The highest BCUT2D eigenvalue weighted by molar-refractivity contribution is 7.05. The lowest BCUT2D eigenvalue weighted by atomic mass is 9.88. The zero-order valence-corrected chi connectivity index (χ0v) is 14.1. The van der Waals surface area contributed by atoms with Gasteiger partial charge in [0.1, 0.15) is 0 Å². The third-order valence-corrected chi connectivity index (χ3v) is 5.38. The summed E-state index contributed by atoms with van der Waals surface area (Å²) >= 11 is 1.48. The van der Waals surface area contributed by atoms with Gasteiger partial charge in [-0.3, -0.25) is 4.90 Å². The van der Waals surface area contributed by atoms with E-state index >= 15 is 0 Å². The van der Waals surface area contributed by atoms with Crippen LogP contribution in [0, 0.1) is 12.8 Å². The number of hydrogen-bond donors (Lipinski definition) is 1. The summed E-state index contributed by atoms with van der Waals surface area (Å²) in [6.45, 7) is 5.05. The van der Waals surface area contributed by atoms with Crippen LogP contribution < -0.4 is 0 Å². The van der Waals surface area contributed by atoms with Crippen molar-refractivity contribution >= 4 is 17.5 Å². The zero-order chi connectivity index (χ0) is 16.2. The second-order valence-corrected chi connectivity index (χ2v) is 7.01. The average molecular weight is 331 g/mol. The summed E-state index contributed by atoms with van der Waals surface area (Å²) in [5.74, 6) is -0.265.